The predicted molar refractivity (Wildman–Crippen MR) is 63.9 cm³/mol. The number of ether oxygens (including phenoxy) is 1. The van der Waals surface area contributed by atoms with E-state index in [1.165, 1.54) is 5.56 Å². The molecule has 1 heterocycles. The van der Waals surface area contributed by atoms with Gasteiger partial charge in [-0.25, -0.2) is 0 Å². The SMILES string of the molecule is CCc1ccc(Cl)c(N2CCOCC2)c1. The van der Waals surface area contributed by atoms with E-state index < -0.39 is 0 Å². The molecule has 0 amide bonds. The molecule has 0 unspecified atom stereocenters. The molecule has 1 aromatic rings. The van der Waals surface area contributed by atoms with Gasteiger partial charge < -0.3 is 9.64 Å². The Hall–Kier alpha value is -0.730. The third kappa shape index (κ3) is 2.44. The maximum Gasteiger partial charge on any atom is 0.0642 e. The van der Waals surface area contributed by atoms with Gasteiger partial charge in [-0.3, -0.25) is 0 Å². The standard InChI is InChI=1S/C12H16ClNO/c1-2-10-3-4-11(13)12(9-10)14-5-7-15-8-6-14/h3-4,9H,2,5-8H2,1H3. The van der Waals surface area contributed by atoms with Crippen LogP contribution in [0.25, 0.3) is 0 Å². The first-order chi connectivity index (χ1) is 7.31. The lowest BCUT2D eigenvalue weighted by atomic mass is 10.1. The molecule has 2 rings (SSSR count). The van der Waals surface area contributed by atoms with Crippen molar-refractivity contribution in [1.29, 1.82) is 0 Å². The lowest BCUT2D eigenvalue weighted by Gasteiger charge is -2.29. The summed E-state index contributed by atoms with van der Waals surface area (Å²) in [5.41, 5.74) is 2.49. The molecule has 0 saturated carbocycles. The van der Waals surface area contributed by atoms with Gasteiger partial charge in [0.25, 0.3) is 0 Å². The minimum absolute atomic E-state index is 0.798. The third-order valence-electron chi connectivity index (χ3n) is 2.77. The van der Waals surface area contributed by atoms with E-state index in [-0.39, 0.29) is 0 Å². The minimum Gasteiger partial charge on any atom is -0.378 e. The van der Waals surface area contributed by atoms with Gasteiger partial charge in [0.2, 0.25) is 0 Å². The van der Waals surface area contributed by atoms with Crippen LogP contribution in [0.2, 0.25) is 5.02 Å². The lowest BCUT2D eigenvalue weighted by Crippen LogP contribution is -2.36. The predicted octanol–water partition coefficient (Wildman–Crippen LogP) is 2.74. The molecule has 1 aliphatic rings. The molecule has 2 nitrogen and oxygen atoms in total. The first kappa shape index (κ1) is 10.8. The van der Waals surface area contributed by atoms with Crippen molar-refractivity contribution in [2.75, 3.05) is 31.2 Å². The molecule has 82 valence electrons. The maximum atomic E-state index is 6.20. The number of halogens is 1. The molecule has 0 bridgehead atoms. The second-order valence-corrected chi connectivity index (χ2v) is 4.15. The van der Waals surface area contributed by atoms with Gasteiger partial charge >= 0.3 is 0 Å². The number of morpholine rings is 1. The molecule has 0 spiro atoms. The highest BCUT2D eigenvalue weighted by atomic mass is 35.5. The second kappa shape index (κ2) is 4.86. The van der Waals surface area contributed by atoms with E-state index in [9.17, 15) is 0 Å². The van der Waals surface area contributed by atoms with Crippen LogP contribution >= 0.6 is 11.6 Å². The van der Waals surface area contributed by atoms with Crippen LogP contribution < -0.4 is 4.90 Å². The van der Waals surface area contributed by atoms with E-state index in [0.717, 1.165) is 43.4 Å². The highest BCUT2D eigenvalue weighted by Gasteiger charge is 2.14. The number of hydrogen-bond donors (Lipinski definition) is 0. The fourth-order valence-electron chi connectivity index (χ4n) is 1.82. The molecule has 1 aliphatic heterocycles. The summed E-state index contributed by atoms with van der Waals surface area (Å²) >= 11 is 6.20. The molecule has 3 heteroatoms. The van der Waals surface area contributed by atoms with Crippen molar-refractivity contribution in [3.05, 3.63) is 28.8 Å². The van der Waals surface area contributed by atoms with Gasteiger partial charge in [-0.15, -0.1) is 0 Å². The second-order valence-electron chi connectivity index (χ2n) is 3.74. The highest BCUT2D eigenvalue weighted by molar-refractivity contribution is 6.33. The number of hydrogen-bond acceptors (Lipinski definition) is 2. The summed E-state index contributed by atoms with van der Waals surface area (Å²) in [5, 5.41) is 0.842. The van der Waals surface area contributed by atoms with Gasteiger partial charge in [0.05, 0.1) is 23.9 Å². The van der Waals surface area contributed by atoms with Crippen molar-refractivity contribution in [2.45, 2.75) is 13.3 Å². The maximum absolute atomic E-state index is 6.20. The van der Waals surface area contributed by atoms with Crippen molar-refractivity contribution < 1.29 is 4.74 Å². The van der Waals surface area contributed by atoms with Crippen molar-refractivity contribution in [3.8, 4) is 0 Å². The van der Waals surface area contributed by atoms with E-state index in [1.807, 2.05) is 6.07 Å². The van der Waals surface area contributed by atoms with Crippen LogP contribution in [0, 0.1) is 0 Å². The van der Waals surface area contributed by atoms with Crippen LogP contribution in [0.4, 0.5) is 5.69 Å². The Labute approximate surface area is 95.8 Å². The summed E-state index contributed by atoms with van der Waals surface area (Å²) in [7, 11) is 0. The van der Waals surface area contributed by atoms with E-state index in [4.69, 9.17) is 16.3 Å². The Kier molecular flexibility index (Phi) is 3.49. The third-order valence-corrected chi connectivity index (χ3v) is 3.09. The monoisotopic (exact) mass is 225 g/mol. The van der Waals surface area contributed by atoms with Gasteiger partial charge in [0.1, 0.15) is 0 Å². The van der Waals surface area contributed by atoms with Crippen LogP contribution in [0.5, 0.6) is 0 Å². The van der Waals surface area contributed by atoms with Crippen molar-refractivity contribution in [2.24, 2.45) is 0 Å². The summed E-state index contributed by atoms with van der Waals surface area (Å²) in [6.45, 7) is 5.63. The summed E-state index contributed by atoms with van der Waals surface area (Å²) in [4.78, 5) is 2.30. The van der Waals surface area contributed by atoms with E-state index in [2.05, 4.69) is 24.0 Å². The Bertz CT molecular complexity index is 334. The largest absolute Gasteiger partial charge is 0.378 e. The Balaban J connectivity index is 2.24. The number of rotatable bonds is 2. The molecule has 0 aliphatic carbocycles. The average molecular weight is 226 g/mol. The molecular weight excluding hydrogens is 210 g/mol. The number of benzene rings is 1. The summed E-state index contributed by atoms with van der Waals surface area (Å²) in [5.74, 6) is 0. The van der Waals surface area contributed by atoms with E-state index >= 15 is 0 Å². The lowest BCUT2D eigenvalue weighted by molar-refractivity contribution is 0.122. The fourth-order valence-corrected chi connectivity index (χ4v) is 2.06. The van der Waals surface area contributed by atoms with Gasteiger partial charge in [-0.05, 0) is 24.1 Å². The van der Waals surface area contributed by atoms with Crippen molar-refractivity contribution in [1.82, 2.24) is 0 Å². The average Bonchev–Trinajstić information content (AvgIpc) is 2.31. The number of aryl methyl sites for hydroxylation is 1. The molecule has 1 saturated heterocycles. The minimum atomic E-state index is 0.798. The van der Waals surface area contributed by atoms with Crippen LogP contribution in [0.3, 0.4) is 0 Å². The zero-order valence-corrected chi connectivity index (χ0v) is 9.76. The van der Waals surface area contributed by atoms with Crippen LogP contribution in [-0.4, -0.2) is 26.3 Å². The van der Waals surface area contributed by atoms with Crippen LogP contribution in [-0.2, 0) is 11.2 Å². The first-order valence-electron chi connectivity index (χ1n) is 5.42. The Morgan fingerprint density at radius 2 is 2.07 bits per heavy atom. The summed E-state index contributed by atoms with van der Waals surface area (Å²) in [6.07, 6.45) is 1.05. The molecule has 0 atom stereocenters. The zero-order chi connectivity index (χ0) is 10.7. The van der Waals surface area contributed by atoms with Crippen LogP contribution in [0.15, 0.2) is 18.2 Å². The molecule has 1 aromatic carbocycles. The Morgan fingerprint density at radius 3 is 2.73 bits per heavy atom. The first-order valence-corrected chi connectivity index (χ1v) is 5.80. The fraction of sp³-hybridized carbons (Fsp3) is 0.500. The molecular formula is C12H16ClNO. The van der Waals surface area contributed by atoms with Gasteiger partial charge in [-0.1, -0.05) is 24.6 Å². The Morgan fingerprint density at radius 1 is 1.33 bits per heavy atom. The smallest absolute Gasteiger partial charge is 0.0642 e. The van der Waals surface area contributed by atoms with Crippen molar-refractivity contribution >= 4 is 17.3 Å². The topological polar surface area (TPSA) is 12.5 Å². The number of anilines is 1. The van der Waals surface area contributed by atoms with Crippen molar-refractivity contribution in [3.63, 3.8) is 0 Å². The summed E-state index contributed by atoms with van der Waals surface area (Å²) < 4.78 is 5.33. The van der Waals surface area contributed by atoms with Crippen LogP contribution in [0.1, 0.15) is 12.5 Å². The van der Waals surface area contributed by atoms with Gasteiger partial charge in [-0.2, -0.15) is 0 Å². The summed E-state index contributed by atoms with van der Waals surface area (Å²) in [6, 6.07) is 6.27. The normalized spacial score (nSPS) is 16.8. The van der Waals surface area contributed by atoms with E-state index in [1.54, 1.807) is 0 Å². The molecule has 0 radical (unpaired) electrons. The van der Waals surface area contributed by atoms with Gasteiger partial charge in [0, 0.05) is 13.1 Å². The highest BCUT2D eigenvalue weighted by Crippen LogP contribution is 2.27. The molecule has 0 aromatic heterocycles. The number of nitrogens with zero attached hydrogens (tertiary/aromatic N) is 1. The quantitative estimate of drug-likeness (QED) is 0.768. The molecule has 1 fully saturated rings. The van der Waals surface area contributed by atoms with Gasteiger partial charge in [0.15, 0.2) is 0 Å². The van der Waals surface area contributed by atoms with E-state index in [0.29, 0.717) is 0 Å². The zero-order valence-electron chi connectivity index (χ0n) is 9.00. The molecule has 15 heavy (non-hydrogen) atoms. The molecule has 0 N–H and O–H groups in total.